The predicted octanol–water partition coefficient (Wildman–Crippen LogP) is 1.17. The number of aromatic nitrogens is 3. The molecule has 2 aromatic rings. The summed E-state index contributed by atoms with van der Waals surface area (Å²) in [5.74, 6) is -0.974. The third-order valence-electron chi connectivity index (χ3n) is 5.30. The Hall–Kier alpha value is -3.27. The molecule has 1 amide bonds. The SMILES string of the molecule is CCCCCOC(=O)Nc1ncnn2c([C@]3(C#N)O[C@H](CCC(=O)O)[C@@H](O)[C@H]3O)ccc12. The Balaban J connectivity index is 1.86. The lowest BCUT2D eigenvalue weighted by atomic mass is 9.92. The van der Waals surface area contributed by atoms with Crippen molar-refractivity contribution in [3.63, 3.8) is 0 Å². The molecule has 3 rings (SSSR count). The molecule has 12 heteroatoms. The van der Waals surface area contributed by atoms with Gasteiger partial charge in [-0.1, -0.05) is 19.8 Å². The minimum absolute atomic E-state index is 0.0913. The van der Waals surface area contributed by atoms with Crippen molar-refractivity contribution < 1.29 is 34.4 Å². The van der Waals surface area contributed by atoms with Crippen LogP contribution < -0.4 is 5.32 Å². The van der Waals surface area contributed by atoms with E-state index in [4.69, 9.17) is 14.6 Å². The highest BCUT2D eigenvalue weighted by molar-refractivity contribution is 5.88. The number of nitriles is 1. The van der Waals surface area contributed by atoms with Crippen LogP contribution in [0.2, 0.25) is 0 Å². The molecule has 172 valence electrons. The lowest BCUT2D eigenvalue weighted by Crippen LogP contribution is -2.40. The molecule has 32 heavy (non-hydrogen) atoms. The van der Waals surface area contributed by atoms with Crippen LogP contribution in [-0.4, -0.2) is 66.9 Å². The van der Waals surface area contributed by atoms with Crippen molar-refractivity contribution in [2.75, 3.05) is 11.9 Å². The van der Waals surface area contributed by atoms with Gasteiger partial charge in [-0.05, 0) is 25.0 Å². The molecule has 1 fully saturated rings. The topological polar surface area (TPSA) is 179 Å². The quantitative estimate of drug-likeness (QED) is 0.408. The first-order valence-corrected chi connectivity index (χ1v) is 10.3. The fourth-order valence-corrected chi connectivity index (χ4v) is 3.64. The lowest BCUT2D eigenvalue weighted by molar-refractivity contribution is -0.138. The third-order valence-corrected chi connectivity index (χ3v) is 5.30. The number of unbranched alkanes of at least 4 members (excludes halogenated alkanes) is 2. The monoisotopic (exact) mass is 447 g/mol. The molecule has 3 heterocycles. The van der Waals surface area contributed by atoms with Gasteiger partial charge in [0, 0.05) is 6.42 Å². The van der Waals surface area contributed by atoms with Gasteiger partial charge in [-0.3, -0.25) is 10.1 Å². The molecule has 2 aromatic heterocycles. The van der Waals surface area contributed by atoms with Crippen LogP contribution in [0.5, 0.6) is 0 Å². The van der Waals surface area contributed by atoms with E-state index in [2.05, 4.69) is 15.4 Å². The lowest BCUT2D eigenvalue weighted by Gasteiger charge is -2.24. The zero-order valence-electron chi connectivity index (χ0n) is 17.5. The minimum atomic E-state index is -2.00. The Morgan fingerprint density at radius 2 is 2.16 bits per heavy atom. The Morgan fingerprint density at radius 3 is 2.84 bits per heavy atom. The first-order chi connectivity index (χ1) is 15.3. The molecule has 0 bridgehead atoms. The summed E-state index contributed by atoms with van der Waals surface area (Å²) in [4.78, 5) is 27.0. The summed E-state index contributed by atoms with van der Waals surface area (Å²) in [6.45, 7) is 2.30. The van der Waals surface area contributed by atoms with Gasteiger partial charge in [0.2, 0.25) is 5.60 Å². The highest BCUT2D eigenvalue weighted by Crippen LogP contribution is 2.41. The molecule has 0 aliphatic carbocycles. The smallest absolute Gasteiger partial charge is 0.412 e. The number of carboxylic acids is 1. The van der Waals surface area contributed by atoms with E-state index >= 15 is 0 Å². The number of aliphatic hydroxyl groups excluding tert-OH is 2. The van der Waals surface area contributed by atoms with Crippen LogP contribution >= 0.6 is 0 Å². The second-order valence-corrected chi connectivity index (χ2v) is 7.46. The predicted molar refractivity (Wildman–Crippen MR) is 109 cm³/mol. The number of rotatable bonds is 9. The second-order valence-electron chi connectivity index (χ2n) is 7.46. The molecular formula is C20H25N5O7. The molecule has 1 aliphatic rings. The van der Waals surface area contributed by atoms with E-state index in [9.17, 15) is 25.1 Å². The number of aliphatic carboxylic acids is 1. The molecule has 0 spiro atoms. The fourth-order valence-electron chi connectivity index (χ4n) is 3.64. The van der Waals surface area contributed by atoms with Crippen molar-refractivity contribution in [3.8, 4) is 6.07 Å². The van der Waals surface area contributed by atoms with E-state index in [-0.39, 0.29) is 31.0 Å². The van der Waals surface area contributed by atoms with Crippen molar-refractivity contribution in [2.45, 2.75) is 62.9 Å². The van der Waals surface area contributed by atoms with Gasteiger partial charge in [0.25, 0.3) is 0 Å². The van der Waals surface area contributed by atoms with Crippen LogP contribution in [0.4, 0.5) is 10.6 Å². The van der Waals surface area contributed by atoms with Gasteiger partial charge in [0.05, 0.1) is 18.4 Å². The molecule has 0 saturated carbocycles. The van der Waals surface area contributed by atoms with Crippen molar-refractivity contribution in [1.29, 1.82) is 5.26 Å². The van der Waals surface area contributed by atoms with E-state index in [1.807, 2.05) is 13.0 Å². The summed E-state index contributed by atoms with van der Waals surface area (Å²) in [6.07, 6.45) is -1.47. The molecule has 4 N–H and O–H groups in total. The Labute approximate surface area is 183 Å². The number of fused-ring (bicyclic) bond motifs is 1. The highest BCUT2D eigenvalue weighted by Gasteiger charge is 2.57. The van der Waals surface area contributed by atoms with E-state index < -0.39 is 36.0 Å². The van der Waals surface area contributed by atoms with E-state index in [0.717, 1.165) is 25.6 Å². The third kappa shape index (κ3) is 4.50. The van der Waals surface area contributed by atoms with Gasteiger partial charge >= 0.3 is 12.1 Å². The van der Waals surface area contributed by atoms with Crippen molar-refractivity contribution in [1.82, 2.24) is 14.6 Å². The second kappa shape index (κ2) is 9.90. The summed E-state index contributed by atoms with van der Waals surface area (Å²) in [6, 6.07) is 4.88. The van der Waals surface area contributed by atoms with Crippen molar-refractivity contribution >= 4 is 23.4 Å². The number of nitrogens with one attached hydrogen (secondary N) is 1. The number of ether oxygens (including phenoxy) is 2. The molecule has 0 aromatic carbocycles. The molecule has 1 saturated heterocycles. The number of carboxylic acid groups (broad SMARTS) is 1. The molecule has 4 atom stereocenters. The zero-order valence-corrected chi connectivity index (χ0v) is 17.5. The fraction of sp³-hybridized carbons (Fsp3) is 0.550. The number of hydrogen-bond acceptors (Lipinski definition) is 9. The maximum Gasteiger partial charge on any atom is 0.412 e. The highest BCUT2D eigenvalue weighted by atomic mass is 16.6. The van der Waals surface area contributed by atoms with E-state index in [1.54, 1.807) is 0 Å². The maximum atomic E-state index is 12.1. The van der Waals surface area contributed by atoms with E-state index in [0.29, 0.717) is 5.52 Å². The normalized spacial score (nSPS) is 24.9. The number of amides is 1. The van der Waals surface area contributed by atoms with Crippen LogP contribution in [0.25, 0.3) is 5.52 Å². The standard InChI is InChI=1S/C20H25N5O7/c1-2-3-4-9-31-19(30)24-18-12-5-7-14(25(12)23-11-22-18)20(10-21)17(29)16(28)13(32-20)6-8-15(26)27/h5,7,11,13,16-17,28-29H,2-4,6,8-9H2,1H3,(H,26,27)(H,22,23,24,30)/t13-,16-,17-,20+/m1/s1. The molecule has 0 radical (unpaired) electrons. The van der Waals surface area contributed by atoms with Crippen molar-refractivity contribution in [3.05, 3.63) is 24.2 Å². The Kier molecular flexibility index (Phi) is 7.24. The van der Waals surface area contributed by atoms with Crippen LogP contribution in [-0.2, 0) is 19.9 Å². The Morgan fingerprint density at radius 1 is 1.38 bits per heavy atom. The largest absolute Gasteiger partial charge is 0.481 e. The number of carbonyl (C=O) groups excluding carboxylic acids is 1. The van der Waals surface area contributed by atoms with Gasteiger partial charge in [0.1, 0.15) is 30.1 Å². The summed E-state index contributed by atoms with van der Waals surface area (Å²) < 4.78 is 12.1. The number of aliphatic hydroxyl groups is 2. The van der Waals surface area contributed by atoms with Crippen LogP contribution in [0.3, 0.4) is 0 Å². The summed E-state index contributed by atoms with van der Waals surface area (Å²) in [7, 11) is 0. The first kappa shape index (κ1) is 23.4. The van der Waals surface area contributed by atoms with Gasteiger partial charge < -0.3 is 24.8 Å². The van der Waals surface area contributed by atoms with Gasteiger partial charge in [0.15, 0.2) is 5.82 Å². The molecule has 1 aliphatic heterocycles. The molecule has 12 nitrogen and oxygen atoms in total. The average molecular weight is 447 g/mol. The van der Waals surface area contributed by atoms with Gasteiger partial charge in [-0.25, -0.2) is 14.3 Å². The number of anilines is 1. The van der Waals surface area contributed by atoms with E-state index in [1.165, 1.54) is 16.6 Å². The van der Waals surface area contributed by atoms with Crippen LogP contribution in [0.15, 0.2) is 18.5 Å². The number of nitrogens with zero attached hydrogens (tertiary/aromatic N) is 4. The summed E-state index contributed by atoms with van der Waals surface area (Å²) in [5, 5.41) is 46.4. The summed E-state index contributed by atoms with van der Waals surface area (Å²) >= 11 is 0. The van der Waals surface area contributed by atoms with Gasteiger partial charge in [-0.2, -0.15) is 10.4 Å². The number of carbonyl (C=O) groups is 2. The van der Waals surface area contributed by atoms with Crippen LogP contribution in [0.1, 0.15) is 44.7 Å². The van der Waals surface area contributed by atoms with Crippen LogP contribution in [0, 0.1) is 11.3 Å². The average Bonchev–Trinajstić information content (AvgIpc) is 3.31. The maximum absolute atomic E-state index is 12.1. The molecular weight excluding hydrogens is 422 g/mol. The zero-order chi connectivity index (χ0) is 23.3. The number of hydrogen-bond donors (Lipinski definition) is 4. The Bertz CT molecular complexity index is 1020. The molecule has 0 unspecified atom stereocenters. The first-order valence-electron chi connectivity index (χ1n) is 10.3. The van der Waals surface area contributed by atoms with Crippen molar-refractivity contribution in [2.24, 2.45) is 0 Å². The van der Waals surface area contributed by atoms with Gasteiger partial charge in [-0.15, -0.1) is 0 Å². The summed E-state index contributed by atoms with van der Waals surface area (Å²) in [5.41, 5.74) is -1.59. The minimum Gasteiger partial charge on any atom is -0.481 e.